The lowest BCUT2D eigenvalue weighted by molar-refractivity contribution is 1.01. The summed E-state index contributed by atoms with van der Waals surface area (Å²) in [6, 6.07) is 1.88. The third-order valence-corrected chi connectivity index (χ3v) is 0.915. The van der Waals surface area contributed by atoms with Gasteiger partial charge >= 0.3 is 0 Å². The van der Waals surface area contributed by atoms with E-state index < -0.39 is 0 Å². The van der Waals surface area contributed by atoms with Gasteiger partial charge < -0.3 is 5.73 Å². The second-order valence-corrected chi connectivity index (χ2v) is 1.75. The van der Waals surface area contributed by atoms with Gasteiger partial charge in [0, 0.05) is 11.9 Å². The molecule has 56 valence electrons. The van der Waals surface area contributed by atoms with Crippen molar-refractivity contribution in [3.8, 4) is 0 Å². The number of hydrogen-bond acceptors (Lipinski definition) is 3. The fraction of sp³-hybridized carbons (Fsp3) is 0.429. The zero-order valence-corrected chi connectivity index (χ0v) is 6.63. The average molecular weight is 139 g/mol. The Balaban J connectivity index is 0.000000371. The van der Waals surface area contributed by atoms with Gasteiger partial charge in [0.1, 0.15) is 5.82 Å². The lowest BCUT2D eigenvalue weighted by Gasteiger charge is -1.89. The van der Waals surface area contributed by atoms with Gasteiger partial charge in [0.25, 0.3) is 0 Å². The van der Waals surface area contributed by atoms with E-state index >= 15 is 0 Å². The maximum Gasteiger partial charge on any atom is 0.125 e. The minimum atomic E-state index is 0.838. The Bertz CT molecular complexity index is 169. The summed E-state index contributed by atoms with van der Waals surface area (Å²) >= 11 is 0. The van der Waals surface area contributed by atoms with Crippen molar-refractivity contribution in [1.82, 2.24) is 9.97 Å². The third kappa shape index (κ3) is 3.14. The molecule has 1 heterocycles. The zero-order chi connectivity index (χ0) is 7.98. The quantitative estimate of drug-likeness (QED) is 0.574. The van der Waals surface area contributed by atoms with Crippen LogP contribution in [0.4, 0.5) is 0 Å². The van der Waals surface area contributed by atoms with Crippen LogP contribution in [0.3, 0.4) is 0 Å². The van der Waals surface area contributed by atoms with Crippen LogP contribution in [0, 0.1) is 13.8 Å². The first-order chi connectivity index (χ1) is 4.79. The van der Waals surface area contributed by atoms with E-state index in [0.717, 1.165) is 11.5 Å². The van der Waals surface area contributed by atoms with Crippen molar-refractivity contribution < 1.29 is 0 Å². The Morgan fingerprint density at radius 3 is 2.20 bits per heavy atom. The summed E-state index contributed by atoms with van der Waals surface area (Å²) in [6.45, 7) is 3.84. The number of nitrogens with two attached hydrogens (primary N) is 1. The number of aryl methyl sites for hydroxylation is 2. The highest BCUT2D eigenvalue weighted by Gasteiger charge is 1.83. The van der Waals surface area contributed by atoms with Crippen LogP contribution in [0.2, 0.25) is 0 Å². The van der Waals surface area contributed by atoms with Gasteiger partial charge in [0.15, 0.2) is 0 Å². The Labute approximate surface area is 61.3 Å². The fourth-order valence-corrected chi connectivity index (χ4v) is 0.574. The van der Waals surface area contributed by atoms with Crippen molar-refractivity contribution in [3.63, 3.8) is 0 Å². The standard InChI is InChI=1S/C6H8N2.CH5N/c1-5-3-4-7-6(2)8-5;1-2/h3-4H,1-2H3;2H2,1H3. The van der Waals surface area contributed by atoms with Crippen molar-refractivity contribution in [1.29, 1.82) is 0 Å². The molecule has 1 rings (SSSR count). The van der Waals surface area contributed by atoms with E-state index in [2.05, 4.69) is 15.7 Å². The fourth-order valence-electron chi connectivity index (χ4n) is 0.574. The van der Waals surface area contributed by atoms with Crippen molar-refractivity contribution in [2.24, 2.45) is 5.73 Å². The molecule has 0 bridgehead atoms. The average Bonchev–Trinajstić information content (AvgIpc) is 1.91. The molecule has 0 aromatic carbocycles. The van der Waals surface area contributed by atoms with Crippen LogP contribution >= 0.6 is 0 Å². The van der Waals surface area contributed by atoms with Crippen LogP contribution in [-0.2, 0) is 0 Å². The highest BCUT2D eigenvalue weighted by molar-refractivity contribution is 4.97. The molecule has 0 saturated heterocycles. The molecule has 0 fully saturated rings. The molecular weight excluding hydrogens is 126 g/mol. The summed E-state index contributed by atoms with van der Waals surface area (Å²) in [5.41, 5.74) is 5.53. The Morgan fingerprint density at radius 1 is 1.30 bits per heavy atom. The molecule has 10 heavy (non-hydrogen) atoms. The van der Waals surface area contributed by atoms with Gasteiger partial charge in [-0.25, -0.2) is 9.97 Å². The van der Waals surface area contributed by atoms with Crippen molar-refractivity contribution in [3.05, 3.63) is 23.8 Å². The molecule has 3 heteroatoms. The molecule has 1 aromatic rings. The molecule has 0 radical (unpaired) electrons. The minimum Gasteiger partial charge on any atom is -0.333 e. The van der Waals surface area contributed by atoms with Crippen LogP contribution in [0.25, 0.3) is 0 Å². The number of hydrogen-bond donors (Lipinski definition) is 1. The van der Waals surface area contributed by atoms with E-state index in [1.807, 2.05) is 19.9 Å². The Hall–Kier alpha value is -0.960. The monoisotopic (exact) mass is 139 g/mol. The summed E-state index contributed by atoms with van der Waals surface area (Å²) < 4.78 is 0. The lowest BCUT2D eigenvalue weighted by atomic mass is 10.4. The Morgan fingerprint density at radius 2 is 1.90 bits per heavy atom. The summed E-state index contributed by atoms with van der Waals surface area (Å²) in [5.74, 6) is 0.838. The first-order valence-corrected chi connectivity index (χ1v) is 3.13. The molecule has 0 spiro atoms. The van der Waals surface area contributed by atoms with E-state index in [1.54, 1.807) is 6.20 Å². The zero-order valence-electron chi connectivity index (χ0n) is 6.63. The number of aromatic nitrogens is 2. The van der Waals surface area contributed by atoms with E-state index in [0.29, 0.717) is 0 Å². The molecule has 2 N–H and O–H groups in total. The smallest absolute Gasteiger partial charge is 0.125 e. The highest BCUT2D eigenvalue weighted by Crippen LogP contribution is 1.88. The predicted octanol–water partition coefficient (Wildman–Crippen LogP) is 0.668. The SMILES string of the molecule is CN.Cc1ccnc(C)n1. The van der Waals surface area contributed by atoms with Crippen molar-refractivity contribution >= 4 is 0 Å². The molecule has 0 amide bonds. The molecule has 0 aliphatic rings. The molecule has 0 atom stereocenters. The lowest BCUT2D eigenvalue weighted by Crippen LogP contribution is -1.86. The summed E-state index contributed by atoms with van der Waals surface area (Å²) in [7, 11) is 1.50. The normalized spacial score (nSPS) is 8.00. The molecule has 0 aliphatic carbocycles. The molecule has 0 aliphatic heterocycles. The van der Waals surface area contributed by atoms with Crippen molar-refractivity contribution in [2.75, 3.05) is 7.05 Å². The molecule has 3 nitrogen and oxygen atoms in total. The van der Waals surface area contributed by atoms with Crippen molar-refractivity contribution in [2.45, 2.75) is 13.8 Å². The van der Waals surface area contributed by atoms with Crippen LogP contribution in [-0.4, -0.2) is 17.0 Å². The second kappa shape index (κ2) is 4.88. The van der Waals surface area contributed by atoms with Gasteiger partial charge in [0.05, 0.1) is 0 Å². The van der Waals surface area contributed by atoms with Crippen LogP contribution in [0.15, 0.2) is 12.3 Å². The van der Waals surface area contributed by atoms with Crippen LogP contribution in [0.1, 0.15) is 11.5 Å². The second-order valence-electron chi connectivity index (χ2n) is 1.75. The maximum atomic E-state index is 4.50. The minimum absolute atomic E-state index is 0.838. The van der Waals surface area contributed by atoms with E-state index in [1.165, 1.54) is 7.05 Å². The topological polar surface area (TPSA) is 51.8 Å². The van der Waals surface area contributed by atoms with Gasteiger partial charge in [-0.1, -0.05) is 0 Å². The predicted molar refractivity (Wildman–Crippen MR) is 41.6 cm³/mol. The third-order valence-electron chi connectivity index (χ3n) is 0.915. The van der Waals surface area contributed by atoms with Gasteiger partial charge in [-0.05, 0) is 27.0 Å². The maximum absolute atomic E-state index is 4.50. The highest BCUT2D eigenvalue weighted by atomic mass is 14.9. The summed E-state index contributed by atoms with van der Waals surface area (Å²) in [5, 5.41) is 0. The van der Waals surface area contributed by atoms with Crippen LogP contribution < -0.4 is 5.73 Å². The summed E-state index contributed by atoms with van der Waals surface area (Å²) in [6.07, 6.45) is 1.76. The van der Waals surface area contributed by atoms with Gasteiger partial charge in [0.2, 0.25) is 0 Å². The van der Waals surface area contributed by atoms with E-state index in [4.69, 9.17) is 0 Å². The van der Waals surface area contributed by atoms with Crippen LogP contribution in [0.5, 0.6) is 0 Å². The van der Waals surface area contributed by atoms with E-state index in [-0.39, 0.29) is 0 Å². The number of nitrogens with zero attached hydrogens (tertiary/aromatic N) is 2. The van der Waals surface area contributed by atoms with Gasteiger partial charge in [-0.15, -0.1) is 0 Å². The first-order valence-electron chi connectivity index (χ1n) is 3.13. The van der Waals surface area contributed by atoms with Gasteiger partial charge in [-0.3, -0.25) is 0 Å². The summed E-state index contributed by atoms with van der Waals surface area (Å²) in [4.78, 5) is 7.99. The molecule has 1 aromatic heterocycles. The Kier molecular flexibility index (Phi) is 4.41. The molecular formula is C7H13N3. The first kappa shape index (κ1) is 9.04. The molecule has 0 unspecified atom stereocenters. The van der Waals surface area contributed by atoms with Gasteiger partial charge in [-0.2, -0.15) is 0 Å². The largest absolute Gasteiger partial charge is 0.333 e. The van der Waals surface area contributed by atoms with E-state index in [9.17, 15) is 0 Å². The number of rotatable bonds is 0. The molecule has 0 saturated carbocycles.